The second-order valence-corrected chi connectivity index (χ2v) is 13.3. The standard InChI is InChI=1S/C32H40BrN3O4S/c1-5-6-20-34-32(38)30(21-25-12-8-7-9-13-25)35(22-26-16-18-27(33)19-17-26)31(37)23-36(41(4,39)40)29-15-11-10-14-28(29)24(2)3/h7-19,24,30H,5-6,20-23H2,1-4H3,(H,34,38)/t30-/m0/s1. The number of halogens is 1. The Hall–Kier alpha value is -3.17. The van der Waals surface area contributed by atoms with Crippen molar-refractivity contribution in [3.05, 3.63) is 100 Å². The molecule has 0 heterocycles. The van der Waals surface area contributed by atoms with Gasteiger partial charge in [0.15, 0.2) is 0 Å². The zero-order valence-corrected chi connectivity index (χ0v) is 26.6. The van der Waals surface area contributed by atoms with E-state index in [4.69, 9.17) is 0 Å². The second kappa shape index (κ2) is 15.2. The van der Waals surface area contributed by atoms with Crippen LogP contribution in [-0.2, 0) is 32.6 Å². The van der Waals surface area contributed by atoms with E-state index in [2.05, 4.69) is 21.2 Å². The van der Waals surface area contributed by atoms with Gasteiger partial charge in [0, 0.05) is 24.0 Å². The van der Waals surface area contributed by atoms with E-state index in [-0.39, 0.29) is 18.4 Å². The Balaban J connectivity index is 2.06. The number of unbranched alkanes of at least 4 members (excludes halogenated alkanes) is 1. The van der Waals surface area contributed by atoms with Crippen LogP contribution in [0.15, 0.2) is 83.3 Å². The van der Waals surface area contributed by atoms with E-state index in [0.29, 0.717) is 18.7 Å². The molecule has 0 saturated carbocycles. The molecular formula is C32H40BrN3O4S. The van der Waals surface area contributed by atoms with Gasteiger partial charge in [0.05, 0.1) is 11.9 Å². The smallest absolute Gasteiger partial charge is 0.244 e. The summed E-state index contributed by atoms with van der Waals surface area (Å²) in [5, 5.41) is 3.00. The van der Waals surface area contributed by atoms with Crippen molar-refractivity contribution in [1.29, 1.82) is 0 Å². The molecule has 3 rings (SSSR count). The SMILES string of the molecule is CCCCNC(=O)[C@H](Cc1ccccc1)N(Cc1ccc(Br)cc1)C(=O)CN(c1ccccc1C(C)C)S(C)(=O)=O. The van der Waals surface area contributed by atoms with Crippen molar-refractivity contribution in [2.45, 2.75) is 58.5 Å². The van der Waals surface area contributed by atoms with Crippen molar-refractivity contribution in [2.24, 2.45) is 0 Å². The lowest BCUT2D eigenvalue weighted by molar-refractivity contribution is -0.140. The summed E-state index contributed by atoms with van der Waals surface area (Å²) in [7, 11) is -3.82. The maximum absolute atomic E-state index is 14.2. The quantitative estimate of drug-likeness (QED) is 0.222. The number of nitrogens with one attached hydrogen (secondary N) is 1. The molecule has 220 valence electrons. The number of carbonyl (C=O) groups excluding carboxylic acids is 2. The first-order valence-corrected chi connectivity index (χ1v) is 16.6. The number of amides is 2. The third-order valence-electron chi connectivity index (χ3n) is 6.87. The molecule has 0 spiro atoms. The molecule has 2 amide bonds. The van der Waals surface area contributed by atoms with Crippen LogP contribution in [0.1, 0.15) is 56.2 Å². The van der Waals surface area contributed by atoms with Gasteiger partial charge in [0.1, 0.15) is 12.6 Å². The Kier molecular flexibility index (Phi) is 12.0. The van der Waals surface area contributed by atoms with Crippen molar-refractivity contribution in [1.82, 2.24) is 10.2 Å². The van der Waals surface area contributed by atoms with Gasteiger partial charge in [-0.3, -0.25) is 13.9 Å². The molecule has 0 aromatic heterocycles. The molecular weight excluding hydrogens is 602 g/mol. The van der Waals surface area contributed by atoms with Crippen LogP contribution in [0.25, 0.3) is 0 Å². The summed E-state index contributed by atoms with van der Waals surface area (Å²) in [5.74, 6) is -0.677. The maximum atomic E-state index is 14.2. The summed E-state index contributed by atoms with van der Waals surface area (Å²) in [5.41, 5.74) is 3.02. The van der Waals surface area contributed by atoms with E-state index in [9.17, 15) is 18.0 Å². The molecule has 0 fully saturated rings. The van der Waals surface area contributed by atoms with Crippen LogP contribution in [0.5, 0.6) is 0 Å². The molecule has 0 unspecified atom stereocenters. The fourth-order valence-electron chi connectivity index (χ4n) is 4.64. The molecule has 0 bridgehead atoms. The Labute approximate surface area is 253 Å². The monoisotopic (exact) mass is 641 g/mol. The molecule has 7 nitrogen and oxygen atoms in total. The minimum atomic E-state index is -3.82. The van der Waals surface area contributed by atoms with E-state index in [1.165, 1.54) is 4.90 Å². The number of sulfonamides is 1. The highest BCUT2D eigenvalue weighted by atomic mass is 79.9. The Morgan fingerprint density at radius 3 is 2.15 bits per heavy atom. The van der Waals surface area contributed by atoms with E-state index in [1.54, 1.807) is 12.1 Å². The van der Waals surface area contributed by atoms with Crippen LogP contribution in [0, 0.1) is 0 Å². The minimum Gasteiger partial charge on any atom is -0.354 e. The second-order valence-electron chi connectivity index (χ2n) is 10.5. The molecule has 3 aromatic carbocycles. The van der Waals surface area contributed by atoms with Crippen LogP contribution < -0.4 is 9.62 Å². The van der Waals surface area contributed by atoms with Crippen molar-refractivity contribution in [3.8, 4) is 0 Å². The van der Waals surface area contributed by atoms with Gasteiger partial charge in [0.25, 0.3) is 0 Å². The Morgan fingerprint density at radius 2 is 1.54 bits per heavy atom. The van der Waals surface area contributed by atoms with Crippen LogP contribution in [0.3, 0.4) is 0 Å². The van der Waals surface area contributed by atoms with Gasteiger partial charge in [-0.15, -0.1) is 0 Å². The molecule has 41 heavy (non-hydrogen) atoms. The van der Waals surface area contributed by atoms with Crippen LogP contribution in [0.2, 0.25) is 0 Å². The van der Waals surface area contributed by atoms with Crippen LogP contribution in [-0.4, -0.2) is 50.5 Å². The fraction of sp³-hybridized carbons (Fsp3) is 0.375. The summed E-state index contributed by atoms with van der Waals surface area (Å²) >= 11 is 3.45. The number of benzene rings is 3. The molecule has 0 aliphatic rings. The number of hydrogen-bond donors (Lipinski definition) is 1. The first-order valence-electron chi connectivity index (χ1n) is 13.9. The summed E-state index contributed by atoms with van der Waals surface area (Å²) in [6, 6.07) is 23.5. The lowest BCUT2D eigenvalue weighted by Gasteiger charge is -2.34. The van der Waals surface area contributed by atoms with Crippen molar-refractivity contribution < 1.29 is 18.0 Å². The molecule has 1 N–H and O–H groups in total. The Morgan fingerprint density at radius 1 is 0.902 bits per heavy atom. The maximum Gasteiger partial charge on any atom is 0.244 e. The molecule has 0 radical (unpaired) electrons. The molecule has 1 atom stereocenters. The highest BCUT2D eigenvalue weighted by Gasteiger charge is 2.33. The number of rotatable bonds is 14. The molecule has 3 aromatic rings. The van der Waals surface area contributed by atoms with Crippen molar-refractivity contribution >= 4 is 43.5 Å². The molecule has 0 aliphatic heterocycles. The van der Waals surface area contributed by atoms with Crippen LogP contribution >= 0.6 is 15.9 Å². The fourth-order valence-corrected chi connectivity index (χ4v) is 5.78. The topological polar surface area (TPSA) is 86.8 Å². The summed E-state index contributed by atoms with van der Waals surface area (Å²) in [4.78, 5) is 29.4. The number of anilines is 1. The lowest BCUT2D eigenvalue weighted by atomic mass is 10.0. The van der Waals surface area contributed by atoms with E-state index >= 15 is 0 Å². The third-order valence-corrected chi connectivity index (χ3v) is 8.53. The number of carbonyl (C=O) groups is 2. The van der Waals surface area contributed by atoms with E-state index < -0.39 is 28.5 Å². The van der Waals surface area contributed by atoms with E-state index in [0.717, 1.165) is 44.6 Å². The van der Waals surface area contributed by atoms with Gasteiger partial charge in [-0.2, -0.15) is 0 Å². The molecule has 0 saturated heterocycles. The van der Waals surface area contributed by atoms with Gasteiger partial charge in [-0.1, -0.05) is 104 Å². The van der Waals surface area contributed by atoms with Gasteiger partial charge < -0.3 is 10.2 Å². The summed E-state index contributed by atoms with van der Waals surface area (Å²) in [6.07, 6.45) is 3.14. The van der Waals surface area contributed by atoms with Gasteiger partial charge in [-0.05, 0) is 47.2 Å². The zero-order valence-electron chi connectivity index (χ0n) is 24.2. The number of hydrogen-bond acceptors (Lipinski definition) is 4. The van der Waals surface area contributed by atoms with Crippen molar-refractivity contribution in [3.63, 3.8) is 0 Å². The summed E-state index contributed by atoms with van der Waals surface area (Å²) < 4.78 is 28.3. The average Bonchev–Trinajstić information content (AvgIpc) is 2.94. The van der Waals surface area contributed by atoms with Gasteiger partial charge >= 0.3 is 0 Å². The van der Waals surface area contributed by atoms with Gasteiger partial charge in [0.2, 0.25) is 21.8 Å². The normalized spacial score (nSPS) is 12.1. The number of para-hydroxylation sites is 1. The lowest BCUT2D eigenvalue weighted by Crippen LogP contribution is -2.53. The predicted molar refractivity (Wildman–Crippen MR) is 169 cm³/mol. The average molecular weight is 643 g/mol. The number of nitrogens with zero attached hydrogens (tertiary/aromatic N) is 2. The van der Waals surface area contributed by atoms with Crippen LogP contribution in [0.4, 0.5) is 5.69 Å². The molecule has 0 aliphatic carbocycles. The molecule has 9 heteroatoms. The zero-order chi connectivity index (χ0) is 30.0. The van der Waals surface area contributed by atoms with Crippen molar-refractivity contribution in [2.75, 3.05) is 23.7 Å². The Bertz CT molecular complexity index is 1400. The van der Waals surface area contributed by atoms with E-state index in [1.807, 2.05) is 87.5 Å². The highest BCUT2D eigenvalue weighted by Crippen LogP contribution is 2.29. The summed E-state index contributed by atoms with van der Waals surface area (Å²) in [6.45, 7) is 6.24. The minimum absolute atomic E-state index is 0.0413. The first-order chi connectivity index (χ1) is 19.5. The van der Waals surface area contributed by atoms with Gasteiger partial charge in [-0.25, -0.2) is 8.42 Å². The third kappa shape index (κ3) is 9.43. The first kappa shape index (κ1) is 32.3. The highest BCUT2D eigenvalue weighted by molar-refractivity contribution is 9.10. The largest absolute Gasteiger partial charge is 0.354 e. The predicted octanol–water partition coefficient (Wildman–Crippen LogP) is 5.89.